The van der Waals surface area contributed by atoms with Crippen LogP contribution < -0.4 is 5.32 Å². The molecule has 1 heterocycles. The van der Waals surface area contributed by atoms with Crippen LogP contribution >= 0.6 is 0 Å². The van der Waals surface area contributed by atoms with E-state index in [2.05, 4.69) is 10.3 Å². The Hall–Kier alpha value is -2.14. The van der Waals surface area contributed by atoms with Crippen LogP contribution in [-0.2, 0) is 0 Å². The van der Waals surface area contributed by atoms with Gasteiger partial charge in [-0.3, -0.25) is 4.79 Å². The molecule has 2 fully saturated rings. The number of aliphatic hydroxyl groups is 1. The van der Waals surface area contributed by atoms with Crippen molar-refractivity contribution in [2.24, 2.45) is 17.8 Å². The van der Waals surface area contributed by atoms with Crippen LogP contribution in [0.3, 0.4) is 0 Å². The molecule has 0 aliphatic heterocycles. The number of hydrogen-bond donors (Lipinski definition) is 2. The Balaban J connectivity index is 1.49. The number of hydrogen-bond acceptors (Lipinski definition) is 4. The van der Waals surface area contributed by atoms with Gasteiger partial charge in [-0.1, -0.05) is 18.2 Å². The Kier molecular flexibility index (Phi) is 3.65. The van der Waals surface area contributed by atoms with Gasteiger partial charge in [0.15, 0.2) is 5.69 Å². The second-order valence-corrected chi connectivity index (χ2v) is 6.58. The average Bonchev–Trinajstić information content (AvgIpc) is 3.31. The largest absolute Gasteiger partial charge is 0.444 e. The minimum atomic E-state index is -0.216. The molecule has 120 valence electrons. The Bertz CT molecular complexity index is 697. The van der Waals surface area contributed by atoms with Crippen LogP contribution in [0, 0.1) is 17.8 Å². The molecule has 2 bridgehead atoms. The van der Waals surface area contributed by atoms with Gasteiger partial charge >= 0.3 is 0 Å². The van der Waals surface area contributed by atoms with E-state index in [9.17, 15) is 9.90 Å². The summed E-state index contributed by atoms with van der Waals surface area (Å²) >= 11 is 0. The zero-order valence-electron chi connectivity index (χ0n) is 12.8. The molecule has 1 aromatic carbocycles. The molecule has 2 aromatic rings. The Morgan fingerprint density at radius 3 is 2.83 bits per heavy atom. The minimum absolute atomic E-state index is 0.0584. The lowest BCUT2D eigenvalue weighted by Gasteiger charge is -2.30. The van der Waals surface area contributed by atoms with E-state index in [0.717, 1.165) is 18.4 Å². The van der Waals surface area contributed by atoms with Crippen LogP contribution in [0.4, 0.5) is 0 Å². The average molecular weight is 312 g/mol. The van der Waals surface area contributed by atoms with Crippen LogP contribution in [0.15, 0.2) is 41.0 Å². The zero-order valence-corrected chi connectivity index (χ0v) is 12.8. The fourth-order valence-electron chi connectivity index (χ4n) is 4.21. The lowest BCUT2D eigenvalue weighted by molar-refractivity contribution is 0.0856. The van der Waals surface area contributed by atoms with Crippen LogP contribution in [0.5, 0.6) is 0 Å². The quantitative estimate of drug-likeness (QED) is 0.909. The standard InChI is InChI=1S/C18H20N2O3/c21-9-14-12-6-7-13(8-12)16(14)20-17(22)15-10-23-18(19-15)11-4-2-1-3-5-11/h1-5,10,12-14,16,21H,6-9H2,(H,20,22). The van der Waals surface area contributed by atoms with Crippen LogP contribution in [0.2, 0.25) is 0 Å². The molecule has 4 unspecified atom stereocenters. The number of rotatable bonds is 4. The van der Waals surface area contributed by atoms with Crippen LogP contribution in [0.1, 0.15) is 29.8 Å². The maximum Gasteiger partial charge on any atom is 0.273 e. The first-order valence-corrected chi connectivity index (χ1v) is 8.19. The summed E-state index contributed by atoms with van der Waals surface area (Å²) in [4.78, 5) is 16.8. The molecule has 5 nitrogen and oxygen atoms in total. The second kappa shape index (κ2) is 5.81. The summed E-state index contributed by atoms with van der Waals surface area (Å²) in [5.41, 5.74) is 1.14. The van der Waals surface area contributed by atoms with E-state index < -0.39 is 0 Å². The van der Waals surface area contributed by atoms with Crippen molar-refractivity contribution in [1.29, 1.82) is 0 Å². The molecule has 2 aliphatic carbocycles. The van der Waals surface area contributed by atoms with Crippen molar-refractivity contribution in [2.45, 2.75) is 25.3 Å². The zero-order chi connectivity index (χ0) is 15.8. The molecule has 4 atom stereocenters. The SMILES string of the molecule is O=C(NC1C2CCC(C2)C1CO)c1coc(-c2ccccc2)n1. The number of amides is 1. The van der Waals surface area contributed by atoms with Gasteiger partial charge in [0, 0.05) is 24.1 Å². The molecule has 0 saturated heterocycles. The summed E-state index contributed by atoms with van der Waals surface area (Å²) in [6.07, 6.45) is 4.83. The maximum atomic E-state index is 12.5. The number of benzene rings is 1. The summed E-state index contributed by atoms with van der Waals surface area (Å²) in [5.74, 6) is 1.45. The van der Waals surface area contributed by atoms with Crippen molar-refractivity contribution in [3.63, 3.8) is 0 Å². The van der Waals surface area contributed by atoms with Crippen LogP contribution in [-0.4, -0.2) is 28.6 Å². The number of oxazole rings is 1. The predicted molar refractivity (Wildman–Crippen MR) is 84.6 cm³/mol. The van der Waals surface area contributed by atoms with Gasteiger partial charge in [-0.15, -0.1) is 0 Å². The number of carbonyl (C=O) groups excluding carboxylic acids is 1. The van der Waals surface area contributed by atoms with E-state index in [1.807, 2.05) is 30.3 Å². The lowest BCUT2D eigenvalue weighted by atomic mass is 9.85. The second-order valence-electron chi connectivity index (χ2n) is 6.58. The molecule has 2 N–H and O–H groups in total. The van der Waals surface area contributed by atoms with Gasteiger partial charge in [0.2, 0.25) is 5.89 Å². The van der Waals surface area contributed by atoms with Crippen molar-refractivity contribution in [3.8, 4) is 11.5 Å². The molecular formula is C18H20N2O3. The van der Waals surface area contributed by atoms with Gasteiger partial charge in [-0.05, 0) is 43.2 Å². The highest BCUT2D eigenvalue weighted by Crippen LogP contribution is 2.48. The van der Waals surface area contributed by atoms with Crippen molar-refractivity contribution < 1.29 is 14.3 Å². The fraction of sp³-hybridized carbons (Fsp3) is 0.444. The third-order valence-corrected chi connectivity index (χ3v) is 5.35. The number of aromatic nitrogens is 1. The van der Waals surface area contributed by atoms with Gasteiger partial charge < -0.3 is 14.8 Å². The molecule has 4 rings (SSSR count). The molecule has 5 heteroatoms. The lowest BCUT2D eigenvalue weighted by Crippen LogP contribution is -2.45. The topological polar surface area (TPSA) is 75.4 Å². The molecule has 1 amide bonds. The normalized spacial score (nSPS) is 28.9. The summed E-state index contributed by atoms with van der Waals surface area (Å²) in [5, 5.41) is 12.7. The third kappa shape index (κ3) is 2.55. The van der Waals surface area contributed by atoms with E-state index in [4.69, 9.17) is 4.42 Å². The number of aliphatic hydroxyl groups excluding tert-OH is 1. The fourth-order valence-corrected chi connectivity index (χ4v) is 4.21. The first kappa shape index (κ1) is 14.5. The molecule has 2 saturated carbocycles. The molecule has 1 aromatic heterocycles. The number of carbonyl (C=O) groups is 1. The van der Waals surface area contributed by atoms with Crippen molar-refractivity contribution in [3.05, 3.63) is 42.3 Å². The van der Waals surface area contributed by atoms with Crippen LogP contribution in [0.25, 0.3) is 11.5 Å². The van der Waals surface area contributed by atoms with E-state index >= 15 is 0 Å². The Labute approximate surface area is 134 Å². The Morgan fingerprint density at radius 1 is 1.26 bits per heavy atom. The summed E-state index contributed by atoms with van der Waals surface area (Å²) in [6, 6.07) is 9.57. The predicted octanol–water partition coefficient (Wildman–Crippen LogP) is 2.48. The highest BCUT2D eigenvalue weighted by molar-refractivity contribution is 5.92. The highest BCUT2D eigenvalue weighted by atomic mass is 16.3. The summed E-state index contributed by atoms with van der Waals surface area (Å²) < 4.78 is 5.43. The molecule has 0 spiro atoms. The van der Waals surface area contributed by atoms with Crippen molar-refractivity contribution in [2.75, 3.05) is 6.61 Å². The molecule has 0 radical (unpaired) electrons. The van der Waals surface area contributed by atoms with Gasteiger partial charge in [-0.25, -0.2) is 4.98 Å². The van der Waals surface area contributed by atoms with Crippen molar-refractivity contribution in [1.82, 2.24) is 10.3 Å². The number of fused-ring (bicyclic) bond motifs is 2. The van der Waals surface area contributed by atoms with Crippen molar-refractivity contribution >= 4 is 5.91 Å². The molecular weight excluding hydrogens is 292 g/mol. The molecule has 23 heavy (non-hydrogen) atoms. The summed E-state index contributed by atoms with van der Waals surface area (Å²) in [6.45, 7) is 0.139. The highest BCUT2D eigenvalue weighted by Gasteiger charge is 2.47. The monoisotopic (exact) mass is 312 g/mol. The van der Waals surface area contributed by atoms with E-state index in [0.29, 0.717) is 23.4 Å². The minimum Gasteiger partial charge on any atom is -0.444 e. The van der Waals surface area contributed by atoms with Gasteiger partial charge in [-0.2, -0.15) is 0 Å². The van der Waals surface area contributed by atoms with E-state index in [-0.39, 0.29) is 24.5 Å². The smallest absolute Gasteiger partial charge is 0.273 e. The molecule has 2 aliphatic rings. The van der Waals surface area contributed by atoms with E-state index in [1.165, 1.54) is 12.7 Å². The third-order valence-electron chi connectivity index (χ3n) is 5.35. The van der Waals surface area contributed by atoms with Gasteiger partial charge in [0.25, 0.3) is 5.91 Å². The first-order chi connectivity index (χ1) is 11.3. The van der Waals surface area contributed by atoms with E-state index in [1.54, 1.807) is 0 Å². The first-order valence-electron chi connectivity index (χ1n) is 8.19. The Morgan fingerprint density at radius 2 is 2.04 bits per heavy atom. The van der Waals surface area contributed by atoms with Gasteiger partial charge in [0.05, 0.1) is 0 Å². The number of nitrogens with zero attached hydrogens (tertiary/aromatic N) is 1. The maximum absolute atomic E-state index is 12.5. The van der Waals surface area contributed by atoms with Gasteiger partial charge in [0.1, 0.15) is 6.26 Å². The summed E-state index contributed by atoms with van der Waals surface area (Å²) in [7, 11) is 0. The number of nitrogens with one attached hydrogen (secondary N) is 1.